The lowest BCUT2D eigenvalue weighted by atomic mass is 10.2. The lowest BCUT2D eigenvalue weighted by Crippen LogP contribution is -1.95. The second kappa shape index (κ2) is 8.13. The van der Waals surface area contributed by atoms with Gasteiger partial charge in [0.15, 0.2) is 0 Å². The van der Waals surface area contributed by atoms with E-state index >= 15 is 0 Å². The summed E-state index contributed by atoms with van der Waals surface area (Å²) in [4.78, 5) is 4.54. The zero-order valence-corrected chi connectivity index (χ0v) is 16.1. The molecule has 0 bridgehead atoms. The van der Waals surface area contributed by atoms with Crippen LogP contribution in [0.5, 0.6) is 11.5 Å². The van der Waals surface area contributed by atoms with Gasteiger partial charge in [-0.3, -0.25) is 5.43 Å². The molecule has 0 aliphatic carbocycles. The molecule has 3 aromatic rings. The van der Waals surface area contributed by atoms with Crippen molar-refractivity contribution in [2.75, 3.05) is 19.6 Å². The van der Waals surface area contributed by atoms with Gasteiger partial charge in [-0.15, -0.1) is 11.3 Å². The van der Waals surface area contributed by atoms with Crippen molar-refractivity contribution in [2.45, 2.75) is 0 Å². The molecule has 1 aromatic heterocycles. The molecular formula is C18H16BrN3O2S. The maximum absolute atomic E-state index is 5.33. The minimum Gasteiger partial charge on any atom is -0.497 e. The highest BCUT2D eigenvalue weighted by atomic mass is 79.9. The predicted octanol–water partition coefficient (Wildman–Crippen LogP) is 5.04. The third-order valence-electron chi connectivity index (χ3n) is 3.44. The van der Waals surface area contributed by atoms with Gasteiger partial charge >= 0.3 is 0 Å². The molecule has 0 fully saturated rings. The summed E-state index contributed by atoms with van der Waals surface area (Å²) in [5.41, 5.74) is 5.75. The topological polar surface area (TPSA) is 55.7 Å². The number of methoxy groups -OCH3 is 2. The average Bonchev–Trinajstić information content (AvgIpc) is 3.11. The first-order valence-electron chi connectivity index (χ1n) is 7.42. The van der Waals surface area contributed by atoms with Crippen LogP contribution in [0.3, 0.4) is 0 Å². The first-order chi connectivity index (χ1) is 12.2. The van der Waals surface area contributed by atoms with Crippen molar-refractivity contribution in [2.24, 2.45) is 5.10 Å². The minimum atomic E-state index is 0.719. The molecule has 7 heteroatoms. The zero-order valence-electron chi connectivity index (χ0n) is 13.7. The molecule has 0 aliphatic heterocycles. The second-order valence-corrected chi connectivity index (χ2v) is 6.80. The van der Waals surface area contributed by atoms with Gasteiger partial charge in [0, 0.05) is 21.0 Å². The van der Waals surface area contributed by atoms with Crippen molar-refractivity contribution in [3.8, 4) is 22.8 Å². The first kappa shape index (κ1) is 17.4. The van der Waals surface area contributed by atoms with Crippen molar-refractivity contribution >= 4 is 38.6 Å². The Balaban J connectivity index is 1.72. The minimum absolute atomic E-state index is 0.719. The molecule has 0 radical (unpaired) electrons. The Bertz CT molecular complexity index is 878. The number of hydrazone groups is 1. The van der Waals surface area contributed by atoms with Crippen molar-refractivity contribution in [1.29, 1.82) is 0 Å². The molecule has 2 aromatic carbocycles. The van der Waals surface area contributed by atoms with Crippen LogP contribution in [-0.2, 0) is 0 Å². The highest BCUT2D eigenvalue weighted by Gasteiger charge is 2.05. The van der Waals surface area contributed by atoms with Crippen LogP contribution in [-0.4, -0.2) is 25.4 Å². The standard InChI is InChI=1S/C18H16BrN3O2S/c1-23-15-7-8-17(24-2)13(9-15)10-20-22-18-21-16(11-25-18)12-3-5-14(19)6-4-12/h3-11H,1-2H3,(H,21,22)/b20-10+. The van der Waals surface area contributed by atoms with Gasteiger partial charge < -0.3 is 9.47 Å². The summed E-state index contributed by atoms with van der Waals surface area (Å²) in [7, 11) is 3.25. The number of hydrogen-bond donors (Lipinski definition) is 1. The van der Waals surface area contributed by atoms with Crippen LogP contribution in [0, 0.1) is 0 Å². The van der Waals surface area contributed by atoms with Gasteiger partial charge in [0.05, 0.1) is 26.1 Å². The van der Waals surface area contributed by atoms with E-state index in [0.29, 0.717) is 0 Å². The van der Waals surface area contributed by atoms with E-state index in [1.165, 1.54) is 11.3 Å². The number of hydrogen-bond acceptors (Lipinski definition) is 6. The Morgan fingerprint density at radius 3 is 2.64 bits per heavy atom. The molecule has 0 unspecified atom stereocenters. The lowest BCUT2D eigenvalue weighted by molar-refractivity contribution is 0.402. The number of nitrogens with one attached hydrogen (secondary N) is 1. The van der Waals surface area contributed by atoms with Crippen LogP contribution in [0.25, 0.3) is 11.3 Å². The van der Waals surface area contributed by atoms with E-state index in [0.717, 1.165) is 37.9 Å². The van der Waals surface area contributed by atoms with Gasteiger partial charge in [0.2, 0.25) is 5.13 Å². The largest absolute Gasteiger partial charge is 0.497 e. The van der Waals surface area contributed by atoms with Crippen LogP contribution in [0.1, 0.15) is 5.56 Å². The van der Waals surface area contributed by atoms with Crippen molar-refractivity contribution in [3.63, 3.8) is 0 Å². The Morgan fingerprint density at radius 2 is 1.92 bits per heavy atom. The van der Waals surface area contributed by atoms with Gasteiger partial charge in [-0.05, 0) is 30.3 Å². The molecule has 0 spiro atoms. The highest BCUT2D eigenvalue weighted by molar-refractivity contribution is 9.10. The number of ether oxygens (including phenoxy) is 2. The maximum Gasteiger partial charge on any atom is 0.203 e. The van der Waals surface area contributed by atoms with Gasteiger partial charge in [-0.25, -0.2) is 4.98 Å². The maximum atomic E-state index is 5.33. The fourth-order valence-electron chi connectivity index (χ4n) is 2.18. The summed E-state index contributed by atoms with van der Waals surface area (Å²) >= 11 is 4.93. The molecule has 1 N–H and O–H groups in total. The van der Waals surface area contributed by atoms with E-state index in [4.69, 9.17) is 9.47 Å². The predicted molar refractivity (Wildman–Crippen MR) is 106 cm³/mol. The molecule has 1 heterocycles. The van der Waals surface area contributed by atoms with Crippen LogP contribution >= 0.6 is 27.3 Å². The van der Waals surface area contributed by atoms with E-state index in [2.05, 4.69) is 31.4 Å². The third kappa shape index (κ3) is 4.37. The van der Waals surface area contributed by atoms with E-state index in [1.807, 2.05) is 47.8 Å². The Kier molecular flexibility index (Phi) is 5.67. The molecule has 0 saturated carbocycles. The average molecular weight is 418 g/mol. The monoisotopic (exact) mass is 417 g/mol. The van der Waals surface area contributed by atoms with Gasteiger partial charge in [0.25, 0.3) is 0 Å². The van der Waals surface area contributed by atoms with Crippen molar-refractivity contribution in [3.05, 3.63) is 57.9 Å². The molecule has 0 aliphatic rings. The van der Waals surface area contributed by atoms with E-state index in [-0.39, 0.29) is 0 Å². The highest BCUT2D eigenvalue weighted by Crippen LogP contribution is 2.26. The summed E-state index contributed by atoms with van der Waals surface area (Å²) in [6, 6.07) is 13.6. The SMILES string of the molecule is COc1ccc(OC)c(/C=N/Nc2nc(-c3ccc(Br)cc3)cs2)c1. The van der Waals surface area contributed by atoms with Gasteiger partial charge in [-0.2, -0.15) is 5.10 Å². The van der Waals surface area contributed by atoms with Crippen LogP contribution in [0.4, 0.5) is 5.13 Å². The summed E-state index contributed by atoms with van der Waals surface area (Å²) < 4.78 is 11.6. The fourth-order valence-corrected chi connectivity index (χ4v) is 3.11. The number of halogens is 1. The van der Waals surface area contributed by atoms with Crippen LogP contribution < -0.4 is 14.9 Å². The van der Waals surface area contributed by atoms with Crippen molar-refractivity contribution in [1.82, 2.24) is 4.98 Å². The van der Waals surface area contributed by atoms with E-state index in [9.17, 15) is 0 Å². The summed E-state index contributed by atoms with van der Waals surface area (Å²) in [5, 5.41) is 6.96. The Morgan fingerprint density at radius 1 is 1.12 bits per heavy atom. The van der Waals surface area contributed by atoms with Crippen LogP contribution in [0.2, 0.25) is 0 Å². The molecule has 5 nitrogen and oxygen atoms in total. The molecular weight excluding hydrogens is 402 g/mol. The van der Waals surface area contributed by atoms with Gasteiger partial charge in [-0.1, -0.05) is 28.1 Å². The smallest absolute Gasteiger partial charge is 0.203 e. The van der Waals surface area contributed by atoms with Crippen LogP contribution in [0.15, 0.2) is 57.4 Å². The quantitative estimate of drug-likeness (QED) is 0.450. The molecule has 128 valence electrons. The Labute approximate surface area is 158 Å². The first-order valence-corrected chi connectivity index (χ1v) is 9.09. The number of anilines is 1. The Hall–Kier alpha value is -2.38. The molecule has 25 heavy (non-hydrogen) atoms. The summed E-state index contributed by atoms with van der Waals surface area (Å²) in [6.07, 6.45) is 1.68. The molecule has 0 atom stereocenters. The van der Waals surface area contributed by atoms with Gasteiger partial charge in [0.1, 0.15) is 11.5 Å². The second-order valence-electron chi connectivity index (χ2n) is 5.02. The molecule has 0 amide bonds. The molecule has 0 saturated heterocycles. The third-order valence-corrected chi connectivity index (χ3v) is 4.72. The molecule has 3 rings (SSSR count). The van der Waals surface area contributed by atoms with E-state index in [1.54, 1.807) is 20.4 Å². The number of aromatic nitrogens is 1. The zero-order chi connectivity index (χ0) is 17.6. The summed E-state index contributed by atoms with van der Waals surface area (Å²) in [5.74, 6) is 1.47. The summed E-state index contributed by atoms with van der Waals surface area (Å²) in [6.45, 7) is 0. The number of nitrogens with zero attached hydrogens (tertiary/aromatic N) is 2. The van der Waals surface area contributed by atoms with Crippen molar-refractivity contribution < 1.29 is 9.47 Å². The lowest BCUT2D eigenvalue weighted by Gasteiger charge is -2.06. The number of benzene rings is 2. The fraction of sp³-hybridized carbons (Fsp3) is 0.111. The van der Waals surface area contributed by atoms with E-state index < -0.39 is 0 Å². The number of thiazole rings is 1. The number of rotatable bonds is 6. The normalized spacial score (nSPS) is 10.8.